The van der Waals surface area contributed by atoms with Gasteiger partial charge in [0.1, 0.15) is 11.3 Å². The van der Waals surface area contributed by atoms with Crippen LogP contribution in [0.2, 0.25) is 0 Å². The molecule has 104 valence electrons. The van der Waals surface area contributed by atoms with E-state index < -0.39 is 0 Å². The summed E-state index contributed by atoms with van der Waals surface area (Å²) in [4.78, 5) is 8.88. The van der Waals surface area contributed by atoms with Crippen molar-refractivity contribution in [3.05, 3.63) is 24.3 Å². The third-order valence-corrected chi connectivity index (χ3v) is 3.47. The van der Waals surface area contributed by atoms with Crippen molar-refractivity contribution in [3.8, 4) is 0 Å². The second kappa shape index (κ2) is 4.93. The van der Waals surface area contributed by atoms with Crippen LogP contribution >= 0.6 is 0 Å². The van der Waals surface area contributed by atoms with Gasteiger partial charge in [0.15, 0.2) is 0 Å². The predicted octanol–water partition coefficient (Wildman–Crippen LogP) is 2.71. The summed E-state index contributed by atoms with van der Waals surface area (Å²) in [5, 5.41) is 0. The Morgan fingerprint density at radius 2 is 2.00 bits per heavy atom. The molecule has 2 aromatic rings. The summed E-state index contributed by atoms with van der Waals surface area (Å²) < 4.78 is 2.28. The second-order valence-corrected chi connectivity index (χ2v) is 6.51. The van der Waals surface area contributed by atoms with Crippen LogP contribution in [0.15, 0.2) is 18.5 Å². The van der Waals surface area contributed by atoms with E-state index in [9.17, 15) is 0 Å². The highest BCUT2D eigenvalue weighted by Gasteiger charge is 2.23. The maximum Gasteiger partial charge on any atom is 0.111 e. The molecule has 0 bridgehead atoms. The lowest BCUT2D eigenvalue weighted by molar-refractivity contribution is 0.380. The zero-order chi connectivity index (χ0) is 14.2. The lowest BCUT2D eigenvalue weighted by Crippen LogP contribution is -2.32. The van der Waals surface area contributed by atoms with Gasteiger partial charge >= 0.3 is 0 Å². The lowest BCUT2D eigenvalue weighted by Gasteiger charge is -2.26. The van der Waals surface area contributed by atoms with E-state index in [-0.39, 0.29) is 11.6 Å². The smallest absolute Gasteiger partial charge is 0.111 e. The van der Waals surface area contributed by atoms with Crippen LogP contribution in [0.1, 0.15) is 40.4 Å². The standard InChI is InChI=1S/C15H24N4/c1-10(2)11(16)8-14-18-12-9-17-7-6-13(12)19(14)15(3,4)5/h6-7,9-11H,8,16H2,1-5H3. The summed E-state index contributed by atoms with van der Waals surface area (Å²) in [5.41, 5.74) is 8.28. The molecule has 2 aromatic heterocycles. The zero-order valence-corrected chi connectivity index (χ0v) is 12.5. The Balaban J connectivity index is 2.54. The molecule has 4 heteroatoms. The molecule has 1 atom stereocenters. The first-order chi connectivity index (χ1) is 8.80. The maximum atomic E-state index is 6.21. The van der Waals surface area contributed by atoms with Gasteiger partial charge in [-0.05, 0) is 32.8 Å². The molecule has 0 aromatic carbocycles. The highest BCUT2D eigenvalue weighted by atomic mass is 15.1. The Bertz CT molecular complexity index is 563. The molecule has 0 saturated carbocycles. The van der Waals surface area contributed by atoms with Gasteiger partial charge < -0.3 is 10.3 Å². The van der Waals surface area contributed by atoms with Crippen molar-refractivity contribution in [2.24, 2.45) is 11.7 Å². The molecule has 0 spiro atoms. The molecule has 0 aliphatic carbocycles. The summed E-state index contributed by atoms with van der Waals surface area (Å²) in [7, 11) is 0. The molecule has 19 heavy (non-hydrogen) atoms. The summed E-state index contributed by atoms with van der Waals surface area (Å²) in [6.45, 7) is 10.9. The van der Waals surface area contributed by atoms with E-state index in [0.717, 1.165) is 23.3 Å². The Morgan fingerprint density at radius 1 is 1.32 bits per heavy atom. The van der Waals surface area contributed by atoms with E-state index in [1.165, 1.54) is 0 Å². The fourth-order valence-electron chi connectivity index (χ4n) is 2.31. The van der Waals surface area contributed by atoms with Crippen molar-refractivity contribution in [1.29, 1.82) is 0 Å². The lowest BCUT2D eigenvalue weighted by atomic mass is 10.0. The van der Waals surface area contributed by atoms with Gasteiger partial charge in [-0.15, -0.1) is 0 Å². The summed E-state index contributed by atoms with van der Waals surface area (Å²) in [6.07, 6.45) is 4.43. The molecule has 2 N–H and O–H groups in total. The molecular formula is C15H24N4. The number of imidazole rings is 1. The van der Waals surface area contributed by atoms with Crippen molar-refractivity contribution in [2.75, 3.05) is 0 Å². The first-order valence-corrected chi connectivity index (χ1v) is 6.88. The van der Waals surface area contributed by atoms with Crippen LogP contribution in [-0.2, 0) is 12.0 Å². The molecule has 2 rings (SSSR count). The van der Waals surface area contributed by atoms with Crippen LogP contribution in [0.25, 0.3) is 11.0 Å². The highest BCUT2D eigenvalue weighted by molar-refractivity contribution is 5.75. The van der Waals surface area contributed by atoms with Crippen molar-refractivity contribution in [3.63, 3.8) is 0 Å². The van der Waals surface area contributed by atoms with E-state index in [4.69, 9.17) is 10.7 Å². The average molecular weight is 260 g/mol. The normalized spacial score (nSPS) is 14.3. The Hall–Kier alpha value is -1.42. The van der Waals surface area contributed by atoms with Gasteiger partial charge in [0.05, 0.1) is 11.7 Å². The fraction of sp³-hybridized carbons (Fsp3) is 0.600. The van der Waals surface area contributed by atoms with Crippen molar-refractivity contribution in [1.82, 2.24) is 14.5 Å². The maximum absolute atomic E-state index is 6.21. The predicted molar refractivity (Wildman–Crippen MR) is 79.0 cm³/mol. The first-order valence-electron chi connectivity index (χ1n) is 6.88. The summed E-state index contributed by atoms with van der Waals surface area (Å²) in [5.74, 6) is 1.50. The van der Waals surface area contributed by atoms with Crippen LogP contribution < -0.4 is 5.73 Å². The van der Waals surface area contributed by atoms with E-state index in [1.807, 2.05) is 18.5 Å². The zero-order valence-electron chi connectivity index (χ0n) is 12.5. The van der Waals surface area contributed by atoms with Crippen LogP contribution in [0, 0.1) is 5.92 Å². The summed E-state index contributed by atoms with van der Waals surface area (Å²) in [6, 6.07) is 2.16. The Kier molecular flexibility index (Phi) is 3.63. The van der Waals surface area contributed by atoms with Crippen molar-refractivity contribution >= 4 is 11.0 Å². The number of nitrogens with zero attached hydrogens (tertiary/aromatic N) is 3. The number of aromatic nitrogens is 3. The van der Waals surface area contributed by atoms with E-state index >= 15 is 0 Å². The number of hydrogen-bond donors (Lipinski definition) is 1. The van der Waals surface area contributed by atoms with Gasteiger partial charge in [-0.2, -0.15) is 0 Å². The van der Waals surface area contributed by atoms with Gasteiger partial charge in [-0.3, -0.25) is 4.98 Å². The van der Waals surface area contributed by atoms with Crippen LogP contribution in [0.3, 0.4) is 0 Å². The number of pyridine rings is 1. The molecule has 1 unspecified atom stereocenters. The Labute approximate surface area is 115 Å². The van der Waals surface area contributed by atoms with E-state index in [0.29, 0.717) is 5.92 Å². The molecule has 0 fully saturated rings. The molecular weight excluding hydrogens is 236 g/mol. The fourth-order valence-corrected chi connectivity index (χ4v) is 2.31. The van der Waals surface area contributed by atoms with Gasteiger partial charge in [0.25, 0.3) is 0 Å². The Morgan fingerprint density at radius 3 is 2.58 bits per heavy atom. The molecule has 2 heterocycles. The number of hydrogen-bond acceptors (Lipinski definition) is 3. The first kappa shape index (κ1) is 14.0. The monoisotopic (exact) mass is 260 g/mol. The number of nitrogens with two attached hydrogens (primary N) is 1. The second-order valence-electron chi connectivity index (χ2n) is 6.51. The minimum Gasteiger partial charge on any atom is -0.327 e. The third kappa shape index (κ3) is 2.78. The highest BCUT2D eigenvalue weighted by Crippen LogP contribution is 2.25. The minimum absolute atomic E-state index is 0.0118. The van der Waals surface area contributed by atoms with Crippen LogP contribution in [0.4, 0.5) is 0 Å². The van der Waals surface area contributed by atoms with Gasteiger partial charge in [-0.25, -0.2) is 4.98 Å². The average Bonchev–Trinajstić information content (AvgIpc) is 2.65. The minimum atomic E-state index is -0.0118. The molecule has 0 radical (unpaired) electrons. The van der Waals surface area contributed by atoms with Gasteiger partial charge in [0, 0.05) is 24.2 Å². The SMILES string of the molecule is CC(C)C(N)Cc1nc2cnccc2n1C(C)(C)C. The molecule has 0 aliphatic heterocycles. The molecule has 0 aliphatic rings. The molecule has 4 nitrogen and oxygen atoms in total. The topological polar surface area (TPSA) is 56.7 Å². The van der Waals surface area contributed by atoms with Crippen LogP contribution in [0.5, 0.6) is 0 Å². The largest absolute Gasteiger partial charge is 0.327 e. The summed E-state index contributed by atoms with van der Waals surface area (Å²) >= 11 is 0. The van der Waals surface area contributed by atoms with Crippen molar-refractivity contribution in [2.45, 2.75) is 52.6 Å². The van der Waals surface area contributed by atoms with E-state index in [2.05, 4.69) is 44.2 Å². The molecule has 0 saturated heterocycles. The number of fused-ring (bicyclic) bond motifs is 1. The van der Waals surface area contributed by atoms with Gasteiger partial charge in [-0.1, -0.05) is 13.8 Å². The molecule has 0 amide bonds. The number of rotatable bonds is 3. The third-order valence-electron chi connectivity index (χ3n) is 3.47. The van der Waals surface area contributed by atoms with Crippen molar-refractivity contribution < 1.29 is 0 Å². The quantitative estimate of drug-likeness (QED) is 0.923. The van der Waals surface area contributed by atoms with E-state index in [1.54, 1.807) is 0 Å². The van der Waals surface area contributed by atoms with Crippen LogP contribution in [-0.4, -0.2) is 20.6 Å². The van der Waals surface area contributed by atoms with Gasteiger partial charge in [0.2, 0.25) is 0 Å².